The second kappa shape index (κ2) is 8.96. The van der Waals surface area contributed by atoms with Crippen LogP contribution in [0.25, 0.3) is 0 Å². The molecule has 0 spiro atoms. The van der Waals surface area contributed by atoms with Gasteiger partial charge < -0.3 is 15.4 Å². The van der Waals surface area contributed by atoms with E-state index in [1.807, 2.05) is 44.2 Å². The number of hydrogen-bond acceptors (Lipinski definition) is 3. The number of carbonyl (C=O) groups is 1. The topological polar surface area (TPSA) is 50.4 Å². The Kier molecular flexibility index (Phi) is 6.67. The van der Waals surface area contributed by atoms with Gasteiger partial charge in [-0.3, -0.25) is 4.79 Å². The molecular weight excluding hydrogens is 300 g/mol. The normalized spacial score (nSPS) is 10.3. The summed E-state index contributed by atoms with van der Waals surface area (Å²) in [5.74, 6) is 0.718. The van der Waals surface area contributed by atoms with E-state index >= 15 is 0 Å². The zero-order valence-electron chi connectivity index (χ0n) is 14.7. The lowest BCUT2D eigenvalue weighted by Crippen LogP contribution is -2.30. The first-order valence-electron chi connectivity index (χ1n) is 8.32. The highest BCUT2D eigenvalue weighted by Crippen LogP contribution is 2.24. The lowest BCUT2D eigenvalue weighted by Gasteiger charge is -2.13. The number of benzene rings is 2. The van der Waals surface area contributed by atoms with Crippen molar-refractivity contribution in [2.24, 2.45) is 0 Å². The first-order chi connectivity index (χ1) is 11.6. The average molecular weight is 326 g/mol. The third-order valence-corrected chi connectivity index (χ3v) is 3.73. The van der Waals surface area contributed by atoms with Crippen molar-refractivity contribution in [1.82, 2.24) is 5.32 Å². The van der Waals surface area contributed by atoms with Gasteiger partial charge in [-0.1, -0.05) is 35.9 Å². The summed E-state index contributed by atoms with van der Waals surface area (Å²) >= 11 is 0. The van der Waals surface area contributed by atoms with Gasteiger partial charge in [0.2, 0.25) is 0 Å². The van der Waals surface area contributed by atoms with E-state index in [9.17, 15) is 4.79 Å². The van der Waals surface area contributed by atoms with Gasteiger partial charge in [-0.15, -0.1) is 0 Å². The molecule has 0 saturated heterocycles. The first kappa shape index (κ1) is 17.9. The lowest BCUT2D eigenvalue weighted by atomic mass is 10.1. The van der Waals surface area contributed by atoms with Gasteiger partial charge in [0.05, 0.1) is 0 Å². The third-order valence-electron chi connectivity index (χ3n) is 3.73. The van der Waals surface area contributed by atoms with Gasteiger partial charge in [0.15, 0.2) is 6.61 Å². The highest BCUT2D eigenvalue weighted by atomic mass is 16.5. The van der Waals surface area contributed by atoms with Gasteiger partial charge in [-0.25, -0.2) is 0 Å². The maximum atomic E-state index is 11.9. The minimum Gasteiger partial charge on any atom is -0.483 e. The van der Waals surface area contributed by atoms with E-state index < -0.39 is 0 Å². The monoisotopic (exact) mass is 326 g/mol. The minimum absolute atomic E-state index is 0.0524. The fraction of sp³-hybridized carbons (Fsp3) is 0.350. The summed E-state index contributed by atoms with van der Waals surface area (Å²) < 4.78 is 5.68. The van der Waals surface area contributed by atoms with E-state index in [1.54, 1.807) is 0 Å². The third kappa shape index (κ3) is 5.61. The van der Waals surface area contributed by atoms with Crippen LogP contribution in [0.5, 0.6) is 5.75 Å². The van der Waals surface area contributed by atoms with E-state index in [-0.39, 0.29) is 12.5 Å². The van der Waals surface area contributed by atoms with Gasteiger partial charge in [0.1, 0.15) is 5.75 Å². The molecule has 0 aliphatic rings. The average Bonchev–Trinajstić information content (AvgIpc) is 2.54. The van der Waals surface area contributed by atoms with Crippen LogP contribution in [-0.2, 0) is 4.79 Å². The fourth-order valence-corrected chi connectivity index (χ4v) is 2.69. The number of hydrogen-bond donors (Lipinski definition) is 2. The number of aryl methyl sites for hydroxylation is 3. The number of anilines is 1. The van der Waals surface area contributed by atoms with Crippen LogP contribution in [-0.4, -0.2) is 25.6 Å². The maximum Gasteiger partial charge on any atom is 0.257 e. The molecule has 0 unspecified atom stereocenters. The fourth-order valence-electron chi connectivity index (χ4n) is 2.69. The molecule has 24 heavy (non-hydrogen) atoms. The number of rotatable bonds is 8. The lowest BCUT2D eigenvalue weighted by molar-refractivity contribution is -0.123. The molecular formula is C20H26N2O2. The van der Waals surface area contributed by atoms with E-state index in [2.05, 4.69) is 29.7 Å². The van der Waals surface area contributed by atoms with Gasteiger partial charge in [-0.2, -0.15) is 0 Å². The molecule has 4 nitrogen and oxygen atoms in total. The number of carbonyl (C=O) groups excluding carboxylic acids is 1. The van der Waals surface area contributed by atoms with Crippen LogP contribution in [0.15, 0.2) is 42.5 Å². The standard InChI is InChI=1S/C20H26N2O2/c1-15-12-16(2)20(17(3)13-15)24-14-19(23)22-11-7-10-21-18-8-5-4-6-9-18/h4-6,8-9,12-13,21H,7,10-11,14H2,1-3H3,(H,22,23). The molecule has 1 amide bonds. The molecule has 2 N–H and O–H groups in total. The van der Waals surface area contributed by atoms with E-state index in [0.29, 0.717) is 6.54 Å². The van der Waals surface area contributed by atoms with Crippen molar-refractivity contribution in [2.45, 2.75) is 27.2 Å². The Hall–Kier alpha value is -2.49. The highest BCUT2D eigenvalue weighted by Gasteiger charge is 2.08. The largest absolute Gasteiger partial charge is 0.483 e. The Labute approximate surface area is 144 Å². The van der Waals surface area contributed by atoms with Gasteiger partial charge in [-0.05, 0) is 50.5 Å². The predicted molar refractivity (Wildman–Crippen MR) is 98.7 cm³/mol. The van der Waals surface area contributed by atoms with Crippen molar-refractivity contribution >= 4 is 11.6 Å². The molecule has 4 heteroatoms. The van der Waals surface area contributed by atoms with Crippen LogP contribution in [0, 0.1) is 20.8 Å². The van der Waals surface area contributed by atoms with E-state index in [1.165, 1.54) is 5.56 Å². The smallest absolute Gasteiger partial charge is 0.257 e. The number of nitrogens with one attached hydrogen (secondary N) is 2. The predicted octanol–water partition coefficient (Wildman–Crippen LogP) is 3.61. The van der Waals surface area contributed by atoms with Crippen LogP contribution < -0.4 is 15.4 Å². The summed E-state index contributed by atoms with van der Waals surface area (Å²) in [7, 11) is 0. The Bertz CT molecular complexity index is 646. The van der Waals surface area contributed by atoms with Gasteiger partial charge in [0, 0.05) is 18.8 Å². The summed E-state index contributed by atoms with van der Waals surface area (Å²) in [5.41, 5.74) is 4.42. The Morgan fingerprint density at radius 1 is 1.00 bits per heavy atom. The first-order valence-corrected chi connectivity index (χ1v) is 8.32. The molecule has 0 aromatic heterocycles. The van der Waals surface area contributed by atoms with Crippen LogP contribution in [0.4, 0.5) is 5.69 Å². The van der Waals surface area contributed by atoms with Crippen molar-refractivity contribution in [1.29, 1.82) is 0 Å². The zero-order chi connectivity index (χ0) is 17.4. The van der Waals surface area contributed by atoms with Crippen LogP contribution in [0.1, 0.15) is 23.1 Å². The molecule has 0 radical (unpaired) electrons. The van der Waals surface area contributed by atoms with Crippen molar-refractivity contribution in [3.05, 3.63) is 59.2 Å². The molecule has 128 valence electrons. The maximum absolute atomic E-state index is 11.9. The molecule has 0 heterocycles. The van der Waals surface area contributed by atoms with Crippen LogP contribution >= 0.6 is 0 Å². The molecule has 2 aromatic rings. The summed E-state index contributed by atoms with van der Waals surface area (Å²) in [6, 6.07) is 14.2. The van der Waals surface area contributed by atoms with Crippen molar-refractivity contribution in [3.8, 4) is 5.75 Å². The zero-order valence-corrected chi connectivity index (χ0v) is 14.7. The van der Waals surface area contributed by atoms with Crippen molar-refractivity contribution < 1.29 is 9.53 Å². The molecule has 0 atom stereocenters. The molecule has 0 bridgehead atoms. The molecule has 0 aliphatic heterocycles. The highest BCUT2D eigenvalue weighted by molar-refractivity contribution is 5.77. The Morgan fingerprint density at radius 2 is 1.67 bits per heavy atom. The molecule has 2 aromatic carbocycles. The summed E-state index contributed by atoms with van der Waals surface area (Å²) in [6.07, 6.45) is 0.864. The van der Waals surface area contributed by atoms with Gasteiger partial charge >= 0.3 is 0 Å². The quantitative estimate of drug-likeness (QED) is 0.729. The number of para-hydroxylation sites is 1. The van der Waals surface area contributed by atoms with Crippen molar-refractivity contribution in [2.75, 3.05) is 25.0 Å². The molecule has 0 fully saturated rings. The summed E-state index contributed by atoms with van der Waals surface area (Å²) in [6.45, 7) is 7.57. The molecule has 2 rings (SSSR count). The second-order valence-corrected chi connectivity index (χ2v) is 6.01. The number of amides is 1. The van der Waals surface area contributed by atoms with Crippen LogP contribution in [0.2, 0.25) is 0 Å². The van der Waals surface area contributed by atoms with Crippen molar-refractivity contribution in [3.63, 3.8) is 0 Å². The minimum atomic E-state index is -0.0888. The van der Waals surface area contributed by atoms with Crippen LogP contribution in [0.3, 0.4) is 0 Å². The number of ether oxygens (including phenoxy) is 1. The van der Waals surface area contributed by atoms with E-state index in [0.717, 1.165) is 35.5 Å². The Balaban J connectivity index is 1.65. The Morgan fingerprint density at radius 3 is 2.33 bits per heavy atom. The summed E-state index contributed by atoms with van der Waals surface area (Å²) in [5, 5.41) is 6.20. The molecule has 0 aliphatic carbocycles. The van der Waals surface area contributed by atoms with Gasteiger partial charge in [0.25, 0.3) is 5.91 Å². The second-order valence-electron chi connectivity index (χ2n) is 6.01. The SMILES string of the molecule is Cc1cc(C)c(OCC(=O)NCCCNc2ccccc2)c(C)c1. The van der Waals surface area contributed by atoms with E-state index in [4.69, 9.17) is 4.74 Å². The molecule has 0 saturated carbocycles. The summed E-state index contributed by atoms with van der Waals surface area (Å²) in [4.78, 5) is 11.9.